The van der Waals surface area contributed by atoms with Crippen molar-refractivity contribution in [2.45, 2.75) is 38.5 Å². The molecule has 2 saturated heterocycles. The first-order valence-corrected chi connectivity index (χ1v) is 9.89. The summed E-state index contributed by atoms with van der Waals surface area (Å²) in [5.74, 6) is -1.09. The smallest absolute Gasteiger partial charge is 0.253 e. The summed E-state index contributed by atoms with van der Waals surface area (Å²) in [6.45, 7) is 6.09. The summed E-state index contributed by atoms with van der Waals surface area (Å²) >= 11 is 12.0. The second-order valence-corrected chi connectivity index (χ2v) is 8.10. The predicted octanol–water partition coefficient (Wildman–Crippen LogP) is 3.11. The van der Waals surface area contributed by atoms with Gasteiger partial charge in [0.1, 0.15) is 6.04 Å². The number of hydrogen-bond donors (Lipinski definition) is 1. The Morgan fingerprint density at radius 3 is 2.33 bits per heavy atom. The molecule has 0 bridgehead atoms. The molecule has 1 aromatic carbocycles. The molecule has 2 aliphatic heterocycles. The zero-order chi connectivity index (χ0) is 19.6. The second-order valence-electron chi connectivity index (χ2n) is 7.25. The van der Waals surface area contributed by atoms with Crippen molar-refractivity contribution in [2.24, 2.45) is 5.92 Å². The standard InChI is InChI=1S/C19H24Cl2N2O4/c1-12(2)16(22-17(24)14-4-3-13(20)11-15(14)21)18(25)23-7-5-19(6-8-23)26-9-10-27-19/h3-4,11-12,16H,5-10H2,1-2H3,(H,22,24)/t16-/m1/s1. The molecule has 2 aliphatic rings. The third-order valence-corrected chi connectivity index (χ3v) is 5.59. The average molecular weight is 415 g/mol. The van der Waals surface area contributed by atoms with E-state index in [0.717, 1.165) is 0 Å². The second kappa shape index (κ2) is 8.35. The van der Waals surface area contributed by atoms with Crippen LogP contribution in [0.5, 0.6) is 0 Å². The molecule has 27 heavy (non-hydrogen) atoms. The van der Waals surface area contributed by atoms with Crippen LogP contribution in [0, 0.1) is 5.92 Å². The lowest BCUT2D eigenvalue weighted by molar-refractivity contribution is -0.188. The highest BCUT2D eigenvalue weighted by molar-refractivity contribution is 6.36. The summed E-state index contributed by atoms with van der Waals surface area (Å²) in [7, 11) is 0. The predicted molar refractivity (Wildman–Crippen MR) is 103 cm³/mol. The Bertz CT molecular complexity index is 710. The van der Waals surface area contributed by atoms with Crippen LogP contribution in [0.15, 0.2) is 18.2 Å². The first-order valence-electron chi connectivity index (χ1n) is 9.14. The van der Waals surface area contributed by atoms with E-state index in [1.54, 1.807) is 17.0 Å². The highest BCUT2D eigenvalue weighted by Crippen LogP contribution is 2.31. The number of carbonyl (C=O) groups is 2. The zero-order valence-electron chi connectivity index (χ0n) is 15.5. The molecular weight excluding hydrogens is 391 g/mol. The SMILES string of the molecule is CC(C)[C@@H](NC(=O)c1ccc(Cl)cc1Cl)C(=O)N1CCC2(CC1)OCCO2. The summed E-state index contributed by atoms with van der Waals surface area (Å²) in [5, 5.41) is 3.54. The number of carbonyl (C=O) groups excluding carboxylic acids is 2. The van der Waals surface area contributed by atoms with Gasteiger partial charge in [-0.15, -0.1) is 0 Å². The van der Waals surface area contributed by atoms with E-state index in [0.29, 0.717) is 49.7 Å². The zero-order valence-corrected chi connectivity index (χ0v) is 17.0. The number of nitrogens with one attached hydrogen (secondary N) is 1. The highest BCUT2D eigenvalue weighted by atomic mass is 35.5. The minimum atomic E-state index is -0.635. The monoisotopic (exact) mass is 414 g/mol. The molecule has 0 unspecified atom stereocenters. The van der Waals surface area contributed by atoms with Gasteiger partial charge in [-0.05, 0) is 24.1 Å². The maximum absolute atomic E-state index is 13.0. The molecule has 1 atom stereocenters. The van der Waals surface area contributed by atoms with Crippen molar-refractivity contribution in [1.29, 1.82) is 0 Å². The third kappa shape index (κ3) is 4.57. The fraction of sp³-hybridized carbons (Fsp3) is 0.579. The molecule has 2 heterocycles. The number of piperidine rings is 1. The lowest BCUT2D eigenvalue weighted by atomic mass is 9.98. The number of likely N-dealkylation sites (tertiary alicyclic amines) is 1. The molecule has 0 aromatic heterocycles. The highest BCUT2D eigenvalue weighted by Gasteiger charge is 2.42. The van der Waals surface area contributed by atoms with Gasteiger partial charge in [-0.25, -0.2) is 0 Å². The van der Waals surface area contributed by atoms with Crippen LogP contribution in [-0.2, 0) is 14.3 Å². The van der Waals surface area contributed by atoms with Gasteiger partial charge in [0.2, 0.25) is 5.91 Å². The summed E-state index contributed by atoms with van der Waals surface area (Å²) < 4.78 is 11.4. The van der Waals surface area contributed by atoms with Crippen LogP contribution in [0.1, 0.15) is 37.0 Å². The molecule has 3 rings (SSSR count). The summed E-state index contributed by atoms with van der Waals surface area (Å²) in [6, 6.07) is 4.03. The van der Waals surface area contributed by atoms with Crippen LogP contribution < -0.4 is 5.32 Å². The number of hydrogen-bond acceptors (Lipinski definition) is 4. The number of nitrogens with zero attached hydrogens (tertiary/aromatic N) is 1. The Labute approximate surface area is 169 Å². The lowest BCUT2D eigenvalue weighted by Crippen LogP contribution is -2.55. The first-order chi connectivity index (χ1) is 12.8. The molecule has 148 valence electrons. The van der Waals surface area contributed by atoms with Gasteiger partial charge in [-0.1, -0.05) is 37.0 Å². The molecule has 0 radical (unpaired) electrons. The van der Waals surface area contributed by atoms with Crippen molar-refractivity contribution in [3.05, 3.63) is 33.8 Å². The van der Waals surface area contributed by atoms with E-state index in [2.05, 4.69) is 5.32 Å². The molecule has 2 amide bonds. The normalized spacial score (nSPS) is 20.1. The minimum Gasteiger partial charge on any atom is -0.347 e. The Morgan fingerprint density at radius 2 is 1.78 bits per heavy atom. The summed E-state index contributed by atoms with van der Waals surface area (Å²) in [6.07, 6.45) is 1.28. The van der Waals surface area contributed by atoms with E-state index in [1.165, 1.54) is 6.07 Å². The van der Waals surface area contributed by atoms with Crippen molar-refractivity contribution >= 4 is 35.0 Å². The Balaban J connectivity index is 1.66. The van der Waals surface area contributed by atoms with Gasteiger partial charge < -0.3 is 19.7 Å². The van der Waals surface area contributed by atoms with Crippen LogP contribution in [-0.4, -0.2) is 54.8 Å². The molecule has 0 saturated carbocycles. The van der Waals surface area contributed by atoms with Crippen molar-refractivity contribution in [3.63, 3.8) is 0 Å². The van der Waals surface area contributed by atoms with Gasteiger partial charge in [-0.3, -0.25) is 9.59 Å². The van der Waals surface area contributed by atoms with Gasteiger partial charge in [0.15, 0.2) is 5.79 Å². The fourth-order valence-electron chi connectivity index (χ4n) is 3.46. The molecule has 1 spiro atoms. The van der Waals surface area contributed by atoms with E-state index in [9.17, 15) is 9.59 Å². The fourth-order valence-corrected chi connectivity index (χ4v) is 3.95. The molecule has 6 nitrogen and oxygen atoms in total. The number of amides is 2. The third-order valence-electron chi connectivity index (χ3n) is 5.05. The molecule has 0 aliphatic carbocycles. The molecule has 2 fully saturated rings. The number of rotatable bonds is 4. The van der Waals surface area contributed by atoms with Crippen molar-refractivity contribution < 1.29 is 19.1 Å². The summed E-state index contributed by atoms with van der Waals surface area (Å²) in [4.78, 5) is 27.4. The van der Waals surface area contributed by atoms with E-state index in [4.69, 9.17) is 32.7 Å². The number of halogens is 2. The Morgan fingerprint density at radius 1 is 1.15 bits per heavy atom. The van der Waals surface area contributed by atoms with Crippen molar-refractivity contribution in [2.75, 3.05) is 26.3 Å². The van der Waals surface area contributed by atoms with E-state index < -0.39 is 11.8 Å². The number of ether oxygens (including phenoxy) is 2. The Kier molecular flexibility index (Phi) is 6.31. The molecule has 1 N–H and O–H groups in total. The van der Waals surface area contributed by atoms with Gasteiger partial charge in [0, 0.05) is 31.0 Å². The van der Waals surface area contributed by atoms with Gasteiger partial charge in [0.05, 0.1) is 23.8 Å². The van der Waals surface area contributed by atoms with Gasteiger partial charge >= 0.3 is 0 Å². The van der Waals surface area contributed by atoms with E-state index in [-0.39, 0.29) is 22.8 Å². The van der Waals surface area contributed by atoms with Crippen LogP contribution in [0.4, 0.5) is 0 Å². The van der Waals surface area contributed by atoms with Crippen molar-refractivity contribution in [1.82, 2.24) is 10.2 Å². The van der Waals surface area contributed by atoms with Crippen LogP contribution >= 0.6 is 23.2 Å². The molecular formula is C19H24Cl2N2O4. The first kappa shape index (κ1) is 20.4. The van der Waals surface area contributed by atoms with Crippen LogP contribution in [0.25, 0.3) is 0 Å². The average Bonchev–Trinajstić information content (AvgIpc) is 3.07. The van der Waals surface area contributed by atoms with Crippen molar-refractivity contribution in [3.8, 4) is 0 Å². The van der Waals surface area contributed by atoms with Gasteiger partial charge in [-0.2, -0.15) is 0 Å². The van der Waals surface area contributed by atoms with E-state index in [1.807, 2.05) is 13.8 Å². The Hall–Kier alpha value is -1.34. The topological polar surface area (TPSA) is 67.9 Å². The maximum Gasteiger partial charge on any atom is 0.253 e. The van der Waals surface area contributed by atoms with E-state index >= 15 is 0 Å². The maximum atomic E-state index is 13.0. The molecule has 8 heteroatoms. The summed E-state index contributed by atoms with van der Waals surface area (Å²) in [5.41, 5.74) is 0.296. The van der Waals surface area contributed by atoms with Gasteiger partial charge in [0.25, 0.3) is 5.91 Å². The molecule has 1 aromatic rings. The minimum absolute atomic E-state index is 0.0672. The largest absolute Gasteiger partial charge is 0.347 e. The lowest BCUT2D eigenvalue weighted by Gasteiger charge is -2.39. The number of benzene rings is 1. The van der Waals surface area contributed by atoms with Crippen LogP contribution in [0.2, 0.25) is 10.0 Å². The quantitative estimate of drug-likeness (QED) is 0.821. The van der Waals surface area contributed by atoms with Crippen LogP contribution in [0.3, 0.4) is 0 Å².